The number of nitrogens with two attached hydrogens (primary N) is 1. The van der Waals surface area contributed by atoms with Crippen molar-refractivity contribution in [1.29, 1.82) is 0 Å². The first kappa shape index (κ1) is 6.84. The molecule has 0 bridgehead atoms. The Bertz CT molecular complexity index is 476. The fourth-order valence-corrected chi connectivity index (χ4v) is 1.01. The number of aromatic nitrogens is 1. The lowest BCUT2D eigenvalue weighted by Crippen LogP contribution is -2.02. The van der Waals surface area contributed by atoms with E-state index in [0.717, 1.165) is 0 Å². The molecule has 0 aliphatic carbocycles. The minimum absolute atomic E-state index is 0.0891. The number of nitrogens with zero attached hydrogens (tertiary/aromatic N) is 1. The van der Waals surface area contributed by atoms with Crippen LogP contribution in [0.4, 0.5) is 5.88 Å². The smallest absolute Gasteiger partial charge is 0.232 e. The highest BCUT2D eigenvalue weighted by Crippen LogP contribution is 2.08. The van der Waals surface area contributed by atoms with E-state index in [9.17, 15) is 4.79 Å². The molecule has 0 saturated heterocycles. The van der Waals surface area contributed by atoms with Crippen molar-refractivity contribution in [1.82, 2.24) is 4.98 Å². The molecule has 2 N–H and O–H groups in total. The molecule has 12 heavy (non-hydrogen) atoms. The summed E-state index contributed by atoms with van der Waals surface area (Å²) >= 11 is 0. The molecule has 4 heteroatoms. The highest BCUT2D eigenvalue weighted by molar-refractivity contribution is 5.72. The van der Waals surface area contributed by atoms with Gasteiger partial charge in [-0.15, -0.1) is 0 Å². The van der Waals surface area contributed by atoms with Crippen LogP contribution in [0.3, 0.4) is 0 Å². The summed E-state index contributed by atoms with van der Waals surface area (Å²) in [6, 6.07) is 4.56. The third-order valence-corrected chi connectivity index (χ3v) is 1.52. The minimum Gasteiger partial charge on any atom is -0.422 e. The van der Waals surface area contributed by atoms with E-state index in [-0.39, 0.29) is 17.0 Å². The Hall–Kier alpha value is -1.84. The zero-order valence-electron chi connectivity index (χ0n) is 6.15. The number of nitrogen functional groups attached to an aromatic ring is 1. The summed E-state index contributed by atoms with van der Waals surface area (Å²) in [6.45, 7) is 0. The zero-order chi connectivity index (χ0) is 8.55. The van der Waals surface area contributed by atoms with Crippen molar-refractivity contribution >= 4 is 17.0 Å². The predicted molar refractivity (Wildman–Crippen MR) is 44.7 cm³/mol. The molecule has 0 aliphatic rings. The normalized spacial score (nSPS) is 10.3. The Kier molecular flexibility index (Phi) is 1.33. The van der Waals surface area contributed by atoms with Crippen molar-refractivity contribution < 1.29 is 4.42 Å². The Balaban J connectivity index is 2.99. The summed E-state index contributed by atoms with van der Waals surface area (Å²) in [6.07, 6.45) is 1.55. The summed E-state index contributed by atoms with van der Waals surface area (Å²) in [7, 11) is 0. The topological polar surface area (TPSA) is 69.1 Å². The summed E-state index contributed by atoms with van der Waals surface area (Å²) in [5.41, 5.74) is 5.43. The number of hydrogen-bond donors (Lipinski definition) is 1. The Morgan fingerprint density at radius 2 is 2.33 bits per heavy atom. The largest absolute Gasteiger partial charge is 0.422 e. The second-order valence-corrected chi connectivity index (χ2v) is 2.37. The van der Waals surface area contributed by atoms with Gasteiger partial charge in [0.15, 0.2) is 11.3 Å². The first-order valence-corrected chi connectivity index (χ1v) is 3.42. The molecule has 60 valence electrons. The maximum atomic E-state index is 11.2. The second kappa shape index (κ2) is 2.34. The molecule has 0 atom stereocenters. The highest BCUT2D eigenvalue weighted by atomic mass is 16.4. The van der Waals surface area contributed by atoms with Crippen LogP contribution in [0.1, 0.15) is 0 Å². The van der Waals surface area contributed by atoms with Crippen molar-refractivity contribution in [3.8, 4) is 0 Å². The van der Waals surface area contributed by atoms with Crippen LogP contribution in [0.15, 0.2) is 33.6 Å². The van der Waals surface area contributed by atoms with Crippen LogP contribution in [0.2, 0.25) is 0 Å². The van der Waals surface area contributed by atoms with E-state index in [0.29, 0.717) is 5.39 Å². The van der Waals surface area contributed by atoms with Crippen molar-refractivity contribution in [3.05, 3.63) is 34.6 Å². The van der Waals surface area contributed by atoms with Gasteiger partial charge in [-0.2, -0.15) is 0 Å². The van der Waals surface area contributed by atoms with Crippen LogP contribution in [0, 0.1) is 0 Å². The molecule has 0 aliphatic heterocycles. The van der Waals surface area contributed by atoms with Crippen LogP contribution in [0.25, 0.3) is 11.1 Å². The molecule has 2 heterocycles. The number of anilines is 1. The maximum absolute atomic E-state index is 11.2. The fourth-order valence-electron chi connectivity index (χ4n) is 1.01. The third-order valence-electron chi connectivity index (χ3n) is 1.52. The van der Waals surface area contributed by atoms with E-state index in [2.05, 4.69) is 4.98 Å². The molecule has 2 aromatic rings. The average Bonchev–Trinajstić information content (AvgIpc) is 2.04. The van der Waals surface area contributed by atoms with E-state index in [1.807, 2.05) is 0 Å². The molecule has 0 amide bonds. The molecular formula is C8H6N2O2. The quantitative estimate of drug-likeness (QED) is 0.621. The van der Waals surface area contributed by atoms with Gasteiger partial charge in [-0.3, -0.25) is 4.79 Å². The summed E-state index contributed by atoms with van der Waals surface area (Å²) in [5.74, 6) is 0.0891. The van der Waals surface area contributed by atoms with Crippen molar-refractivity contribution in [2.24, 2.45) is 0 Å². The van der Waals surface area contributed by atoms with Crippen LogP contribution in [-0.2, 0) is 0 Å². The van der Waals surface area contributed by atoms with Crippen molar-refractivity contribution in [2.45, 2.75) is 0 Å². The van der Waals surface area contributed by atoms with E-state index in [4.69, 9.17) is 10.2 Å². The van der Waals surface area contributed by atoms with Gasteiger partial charge >= 0.3 is 0 Å². The predicted octanol–water partition coefficient (Wildman–Crippen LogP) is 0.770. The van der Waals surface area contributed by atoms with Gasteiger partial charge in [-0.1, -0.05) is 0 Å². The Morgan fingerprint density at radius 3 is 3.17 bits per heavy atom. The first-order valence-electron chi connectivity index (χ1n) is 3.42. The van der Waals surface area contributed by atoms with Gasteiger partial charge in [0.2, 0.25) is 5.71 Å². The van der Waals surface area contributed by atoms with Gasteiger partial charge in [-0.05, 0) is 12.1 Å². The van der Waals surface area contributed by atoms with Crippen molar-refractivity contribution in [3.63, 3.8) is 0 Å². The lowest BCUT2D eigenvalue weighted by molar-refractivity contribution is 0.611. The van der Waals surface area contributed by atoms with E-state index in [1.165, 1.54) is 6.07 Å². The third kappa shape index (κ3) is 0.934. The SMILES string of the molecule is Nc1cc(=O)c2cccnc2o1. The molecule has 2 aromatic heterocycles. The average molecular weight is 162 g/mol. The lowest BCUT2D eigenvalue weighted by atomic mass is 10.3. The summed E-state index contributed by atoms with van der Waals surface area (Å²) in [5, 5.41) is 0.451. The van der Waals surface area contributed by atoms with Gasteiger partial charge in [-0.25, -0.2) is 4.98 Å². The summed E-state index contributed by atoms with van der Waals surface area (Å²) < 4.78 is 5.01. The molecule has 0 radical (unpaired) electrons. The first-order chi connectivity index (χ1) is 5.77. The standard InChI is InChI=1S/C8H6N2O2/c9-7-4-6(11)5-2-1-3-10-8(5)12-7/h1-4H,9H2. The Labute approximate surface area is 67.6 Å². The molecule has 4 nitrogen and oxygen atoms in total. The number of pyridine rings is 1. The van der Waals surface area contributed by atoms with E-state index < -0.39 is 0 Å². The van der Waals surface area contributed by atoms with Crippen molar-refractivity contribution in [2.75, 3.05) is 5.73 Å². The van der Waals surface area contributed by atoms with Gasteiger partial charge in [0.1, 0.15) is 0 Å². The molecule has 0 fully saturated rings. The van der Waals surface area contributed by atoms with Gasteiger partial charge in [0.05, 0.1) is 5.39 Å². The minimum atomic E-state index is -0.165. The monoisotopic (exact) mass is 162 g/mol. The highest BCUT2D eigenvalue weighted by Gasteiger charge is 2.00. The van der Waals surface area contributed by atoms with E-state index >= 15 is 0 Å². The zero-order valence-corrected chi connectivity index (χ0v) is 6.15. The number of rotatable bonds is 0. The van der Waals surface area contributed by atoms with Gasteiger partial charge in [0, 0.05) is 12.3 Å². The summed E-state index contributed by atoms with van der Waals surface area (Å²) in [4.78, 5) is 15.1. The number of fused-ring (bicyclic) bond motifs is 1. The Morgan fingerprint density at radius 1 is 1.50 bits per heavy atom. The fraction of sp³-hybridized carbons (Fsp3) is 0. The molecular weight excluding hydrogens is 156 g/mol. The lowest BCUT2D eigenvalue weighted by Gasteiger charge is -1.94. The maximum Gasteiger partial charge on any atom is 0.232 e. The number of hydrogen-bond acceptors (Lipinski definition) is 4. The van der Waals surface area contributed by atoms with Gasteiger partial charge in [0.25, 0.3) is 0 Å². The molecule has 0 saturated carbocycles. The van der Waals surface area contributed by atoms with Crippen LogP contribution in [0.5, 0.6) is 0 Å². The molecule has 0 unspecified atom stereocenters. The molecule has 0 aromatic carbocycles. The molecule has 2 rings (SSSR count). The van der Waals surface area contributed by atoms with Crippen LogP contribution >= 0.6 is 0 Å². The van der Waals surface area contributed by atoms with Crippen LogP contribution in [-0.4, -0.2) is 4.98 Å². The van der Waals surface area contributed by atoms with E-state index in [1.54, 1.807) is 18.3 Å². The molecule has 0 spiro atoms. The van der Waals surface area contributed by atoms with Gasteiger partial charge < -0.3 is 10.2 Å². The second-order valence-electron chi connectivity index (χ2n) is 2.37. The van der Waals surface area contributed by atoms with Crippen LogP contribution < -0.4 is 11.2 Å².